The molecule has 0 rings (SSSR count). The summed E-state index contributed by atoms with van der Waals surface area (Å²) in [5.41, 5.74) is 0. The molecule has 0 aliphatic heterocycles. The number of nitrogens with one attached hydrogen (secondary N) is 1. The lowest BCUT2D eigenvalue weighted by atomic mass is 10.2. The number of hydrogen-bond donors (Lipinski definition) is 2. The van der Waals surface area contributed by atoms with Crippen molar-refractivity contribution >= 4 is 23.6 Å². The molecule has 0 aromatic heterocycles. The van der Waals surface area contributed by atoms with Crippen molar-refractivity contribution in [1.29, 1.82) is 0 Å². The predicted molar refractivity (Wildman–Crippen MR) is 84.2 cm³/mol. The number of nitrogens with zero attached hydrogens (tertiary/aromatic N) is 1. The second-order valence-electron chi connectivity index (χ2n) is 4.84. The molecule has 0 radical (unpaired) electrons. The molecule has 0 aliphatic rings. The quantitative estimate of drug-likeness (QED) is 0.609. The van der Waals surface area contributed by atoms with Crippen molar-refractivity contribution in [1.82, 2.24) is 10.2 Å². The highest BCUT2D eigenvalue weighted by molar-refractivity contribution is 7.98. The molecule has 2 unspecified atom stereocenters. The number of thioether (sulfide) groups is 1. The summed E-state index contributed by atoms with van der Waals surface area (Å²) < 4.78 is 0. The fourth-order valence-corrected chi connectivity index (χ4v) is 2.41. The Morgan fingerprint density at radius 3 is 2.45 bits per heavy atom. The van der Waals surface area contributed by atoms with Crippen LogP contribution in [-0.4, -0.2) is 59.1 Å². The third-order valence-corrected chi connectivity index (χ3v) is 4.00. The van der Waals surface area contributed by atoms with Crippen molar-refractivity contribution < 1.29 is 14.7 Å². The Morgan fingerprint density at radius 1 is 1.35 bits per heavy atom. The average molecular weight is 304 g/mol. The molecule has 0 saturated heterocycles. The van der Waals surface area contributed by atoms with Crippen molar-refractivity contribution in [3.05, 3.63) is 0 Å². The van der Waals surface area contributed by atoms with E-state index >= 15 is 0 Å². The first-order valence-electron chi connectivity index (χ1n) is 7.24. The molecule has 6 heteroatoms. The van der Waals surface area contributed by atoms with Crippen LogP contribution >= 0.6 is 11.8 Å². The number of amides is 1. The largest absolute Gasteiger partial charge is 0.480 e. The Morgan fingerprint density at radius 2 is 2.00 bits per heavy atom. The highest BCUT2D eigenvalue weighted by Gasteiger charge is 2.25. The first-order chi connectivity index (χ1) is 9.47. The number of carbonyl (C=O) groups excluding carboxylic acids is 1. The van der Waals surface area contributed by atoms with Gasteiger partial charge in [-0.2, -0.15) is 11.8 Å². The van der Waals surface area contributed by atoms with Crippen LogP contribution < -0.4 is 5.32 Å². The molecule has 2 atom stereocenters. The van der Waals surface area contributed by atoms with Gasteiger partial charge in [-0.3, -0.25) is 9.69 Å². The summed E-state index contributed by atoms with van der Waals surface area (Å²) in [6.07, 6.45) is 4.50. The van der Waals surface area contributed by atoms with Crippen LogP contribution in [0.1, 0.15) is 40.0 Å². The summed E-state index contributed by atoms with van der Waals surface area (Å²) in [4.78, 5) is 25.4. The predicted octanol–water partition coefficient (Wildman–Crippen LogP) is 1.82. The van der Waals surface area contributed by atoms with Crippen LogP contribution in [0.15, 0.2) is 0 Å². The molecule has 0 aromatic carbocycles. The zero-order valence-corrected chi connectivity index (χ0v) is 13.8. The van der Waals surface area contributed by atoms with Crippen LogP contribution in [0.3, 0.4) is 0 Å². The summed E-state index contributed by atoms with van der Waals surface area (Å²) in [5.74, 6) is -0.438. The van der Waals surface area contributed by atoms with E-state index < -0.39 is 12.0 Å². The maximum Gasteiger partial charge on any atom is 0.326 e. The Bertz CT molecular complexity index is 300. The van der Waals surface area contributed by atoms with Gasteiger partial charge in [0.05, 0.1) is 6.04 Å². The van der Waals surface area contributed by atoms with E-state index in [4.69, 9.17) is 5.11 Å². The van der Waals surface area contributed by atoms with Gasteiger partial charge in [-0.05, 0) is 44.9 Å². The molecule has 1 amide bonds. The molecule has 0 aliphatic carbocycles. The zero-order chi connectivity index (χ0) is 15.5. The van der Waals surface area contributed by atoms with Crippen LogP contribution in [0.4, 0.5) is 0 Å². The zero-order valence-electron chi connectivity index (χ0n) is 13.0. The van der Waals surface area contributed by atoms with Gasteiger partial charge in [0.1, 0.15) is 6.04 Å². The minimum Gasteiger partial charge on any atom is -0.480 e. The van der Waals surface area contributed by atoms with Crippen LogP contribution in [0.2, 0.25) is 0 Å². The Kier molecular flexibility index (Phi) is 10.6. The molecule has 20 heavy (non-hydrogen) atoms. The van der Waals surface area contributed by atoms with E-state index in [9.17, 15) is 9.59 Å². The van der Waals surface area contributed by atoms with E-state index in [2.05, 4.69) is 17.1 Å². The van der Waals surface area contributed by atoms with Gasteiger partial charge in [-0.25, -0.2) is 4.79 Å². The van der Waals surface area contributed by atoms with E-state index in [1.165, 1.54) is 0 Å². The van der Waals surface area contributed by atoms with E-state index in [1.54, 1.807) is 11.8 Å². The molecule has 0 aromatic rings. The second-order valence-corrected chi connectivity index (χ2v) is 5.82. The maximum absolute atomic E-state index is 12.2. The lowest BCUT2D eigenvalue weighted by Crippen LogP contribution is -2.50. The van der Waals surface area contributed by atoms with Gasteiger partial charge >= 0.3 is 5.97 Å². The highest BCUT2D eigenvalue weighted by atomic mass is 32.2. The van der Waals surface area contributed by atoms with Crippen molar-refractivity contribution in [2.24, 2.45) is 0 Å². The van der Waals surface area contributed by atoms with E-state index in [1.807, 2.05) is 20.1 Å². The molecule has 2 N–H and O–H groups in total. The molecule has 0 fully saturated rings. The molecule has 0 bridgehead atoms. The van der Waals surface area contributed by atoms with Crippen molar-refractivity contribution in [2.75, 3.05) is 25.1 Å². The molecular formula is C14H28N2O3S. The van der Waals surface area contributed by atoms with Gasteiger partial charge in [0, 0.05) is 0 Å². The monoisotopic (exact) mass is 304 g/mol. The van der Waals surface area contributed by atoms with Gasteiger partial charge in [-0.1, -0.05) is 20.3 Å². The van der Waals surface area contributed by atoms with Crippen molar-refractivity contribution in [3.8, 4) is 0 Å². The number of aliphatic carboxylic acids is 1. The topological polar surface area (TPSA) is 69.6 Å². The summed E-state index contributed by atoms with van der Waals surface area (Å²) in [7, 11) is 0. The number of hydrogen-bond acceptors (Lipinski definition) is 4. The molecule has 0 saturated carbocycles. The first kappa shape index (κ1) is 19.2. The maximum atomic E-state index is 12.2. The first-order valence-corrected chi connectivity index (χ1v) is 8.63. The van der Waals surface area contributed by atoms with E-state index in [0.717, 1.165) is 31.7 Å². The fourth-order valence-electron chi connectivity index (χ4n) is 1.94. The minimum absolute atomic E-state index is 0.198. The standard InChI is InChI=1S/C14H28N2O3S/c1-5-7-9-16(6-2)11(3)13(17)15-12(14(18)19)8-10-20-4/h11-12H,5-10H2,1-4H3,(H,15,17)(H,18,19). The molecule has 0 heterocycles. The summed E-state index contributed by atoms with van der Waals surface area (Å²) in [5, 5.41) is 11.8. The Labute approximate surface area is 126 Å². The van der Waals surface area contributed by atoms with E-state index in [0.29, 0.717) is 6.42 Å². The molecule has 5 nitrogen and oxygen atoms in total. The van der Waals surface area contributed by atoms with Gasteiger partial charge in [-0.15, -0.1) is 0 Å². The van der Waals surface area contributed by atoms with Gasteiger partial charge in [0.25, 0.3) is 0 Å². The summed E-state index contributed by atoms with van der Waals surface area (Å²) in [6, 6.07) is -1.08. The second kappa shape index (κ2) is 11.0. The Balaban J connectivity index is 4.48. The lowest BCUT2D eigenvalue weighted by Gasteiger charge is -2.28. The number of likely N-dealkylation sites (N-methyl/N-ethyl adjacent to an activating group) is 1. The number of rotatable bonds is 11. The fraction of sp³-hybridized carbons (Fsp3) is 0.857. The Hall–Kier alpha value is -0.750. The number of carboxylic acid groups (broad SMARTS) is 1. The SMILES string of the molecule is CCCCN(CC)C(C)C(=O)NC(CCSC)C(=O)O. The molecule has 0 spiro atoms. The minimum atomic E-state index is -0.962. The van der Waals surface area contributed by atoms with Gasteiger partial charge in [0.15, 0.2) is 0 Å². The van der Waals surface area contributed by atoms with Crippen LogP contribution in [0, 0.1) is 0 Å². The third kappa shape index (κ3) is 7.14. The third-order valence-electron chi connectivity index (χ3n) is 3.36. The van der Waals surface area contributed by atoms with E-state index in [-0.39, 0.29) is 11.9 Å². The molecule has 118 valence electrons. The van der Waals surface area contributed by atoms with Crippen LogP contribution in [-0.2, 0) is 9.59 Å². The lowest BCUT2D eigenvalue weighted by molar-refractivity contribution is -0.142. The number of carboxylic acids is 1. The normalized spacial score (nSPS) is 14.1. The summed E-state index contributed by atoms with van der Waals surface area (Å²) >= 11 is 1.58. The van der Waals surface area contributed by atoms with Gasteiger partial charge in [0.2, 0.25) is 5.91 Å². The molecular weight excluding hydrogens is 276 g/mol. The van der Waals surface area contributed by atoms with Gasteiger partial charge < -0.3 is 10.4 Å². The number of unbranched alkanes of at least 4 members (excludes halogenated alkanes) is 1. The smallest absolute Gasteiger partial charge is 0.326 e. The summed E-state index contributed by atoms with van der Waals surface area (Å²) in [6.45, 7) is 7.62. The highest BCUT2D eigenvalue weighted by Crippen LogP contribution is 2.05. The van der Waals surface area contributed by atoms with Crippen molar-refractivity contribution in [2.45, 2.75) is 52.1 Å². The average Bonchev–Trinajstić information content (AvgIpc) is 2.43. The van der Waals surface area contributed by atoms with Crippen LogP contribution in [0.25, 0.3) is 0 Å². The number of carbonyl (C=O) groups is 2. The van der Waals surface area contributed by atoms with Crippen LogP contribution in [0.5, 0.6) is 0 Å². The van der Waals surface area contributed by atoms with Crippen molar-refractivity contribution in [3.63, 3.8) is 0 Å².